The Hall–Kier alpha value is -1.39. The van der Waals surface area contributed by atoms with Crippen LogP contribution in [0.4, 0.5) is 12.9 Å². The molecule has 0 unspecified atom stereocenters. The minimum absolute atomic E-state index is 0.308. The molecule has 100 valence electrons. The van der Waals surface area contributed by atoms with Crippen LogP contribution in [0.1, 0.15) is 30.9 Å². The van der Waals surface area contributed by atoms with Crippen molar-refractivity contribution >= 4 is 6.98 Å². The fourth-order valence-corrected chi connectivity index (χ4v) is 1.40. The lowest BCUT2D eigenvalue weighted by Gasteiger charge is -2.19. The minimum atomic E-state index is -5.02. The van der Waals surface area contributed by atoms with E-state index in [9.17, 15) is 12.9 Å². The van der Waals surface area contributed by atoms with E-state index < -0.39 is 19.1 Å². The summed E-state index contributed by atoms with van der Waals surface area (Å²) in [5.41, 5.74) is 1.05. The van der Waals surface area contributed by atoms with Gasteiger partial charge in [-0.2, -0.15) is 0 Å². The van der Waals surface area contributed by atoms with Crippen LogP contribution in [0.3, 0.4) is 0 Å². The van der Waals surface area contributed by atoms with Crippen LogP contribution in [0.2, 0.25) is 0 Å². The van der Waals surface area contributed by atoms with Crippen LogP contribution >= 0.6 is 0 Å². The summed E-state index contributed by atoms with van der Waals surface area (Å²) in [6.07, 6.45) is 0. The quantitative estimate of drug-likeness (QED) is 0.708. The first kappa shape index (κ1) is 14.7. The van der Waals surface area contributed by atoms with E-state index in [1.54, 1.807) is 13.0 Å². The van der Waals surface area contributed by atoms with Crippen LogP contribution in [0.25, 0.3) is 0 Å². The molecule has 0 aliphatic rings. The molecule has 0 spiro atoms. The van der Waals surface area contributed by atoms with Gasteiger partial charge >= 0.3 is 6.98 Å². The van der Waals surface area contributed by atoms with Crippen molar-refractivity contribution in [3.8, 4) is 5.75 Å². The first-order valence-electron chi connectivity index (χ1n) is 5.82. The van der Waals surface area contributed by atoms with Crippen LogP contribution < -0.4 is 4.74 Å². The highest BCUT2D eigenvalue weighted by molar-refractivity contribution is 6.66. The second-order valence-electron chi connectivity index (χ2n) is 4.70. The lowest BCUT2D eigenvalue weighted by atomic mass is 9.81. The third-order valence-electron chi connectivity index (χ3n) is 2.75. The Morgan fingerprint density at radius 2 is 1.94 bits per heavy atom. The van der Waals surface area contributed by atoms with Gasteiger partial charge in [0.15, 0.2) is 0 Å². The molecule has 0 atom stereocenters. The topological polar surface area (TPSA) is 9.23 Å². The van der Waals surface area contributed by atoms with Gasteiger partial charge in [0, 0.05) is 0 Å². The molecular formula is C13H17BF3O-. The Morgan fingerprint density at radius 3 is 2.44 bits per heavy atom. The molecule has 5 heteroatoms. The van der Waals surface area contributed by atoms with Crippen molar-refractivity contribution in [3.05, 3.63) is 41.4 Å². The number of aryl methyl sites for hydroxylation is 1. The highest BCUT2D eigenvalue weighted by Crippen LogP contribution is 2.26. The average Bonchev–Trinajstić information content (AvgIpc) is 2.25. The van der Waals surface area contributed by atoms with E-state index in [0.29, 0.717) is 11.7 Å². The monoisotopic (exact) mass is 257 g/mol. The van der Waals surface area contributed by atoms with Crippen LogP contribution in [0.15, 0.2) is 30.3 Å². The predicted molar refractivity (Wildman–Crippen MR) is 69.0 cm³/mol. The van der Waals surface area contributed by atoms with Crippen molar-refractivity contribution < 1.29 is 17.7 Å². The van der Waals surface area contributed by atoms with Gasteiger partial charge in [0.25, 0.3) is 0 Å². The van der Waals surface area contributed by atoms with Gasteiger partial charge in [-0.1, -0.05) is 26.0 Å². The van der Waals surface area contributed by atoms with E-state index >= 15 is 0 Å². The Labute approximate surface area is 106 Å². The maximum Gasteiger partial charge on any atom is 0.508 e. The van der Waals surface area contributed by atoms with Crippen LogP contribution in [0, 0.1) is 6.92 Å². The van der Waals surface area contributed by atoms with Gasteiger partial charge in [-0.15, -0.1) is 12.1 Å². The predicted octanol–water partition coefficient (Wildman–Crippen LogP) is 4.44. The summed E-state index contributed by atoms with van der Waals surface area (Å²) >= 11 is 0. The molecule has 0 bridgehead atoms. The maximum atomic E-state index is 12.3. The summed E-state index contributed by atoms with van der Waals surface area (Å²) < 4.78 is 42.2. The number of ether oxygens (including phenoxy) is 1. The summed E-state index contributed by atoms with van der Waals surface area (Å²) in [5, 5.41) is 0. The first-order valence-corrected chi connectivity index (χ1v) is 5.82. The molecule has 0 aromatic heterocycles. The zero-order valence-electron chi connectivity index (χ0n) is 10.8. The van der Waals surface area contributed by atoms with E-state index in [4.69, 9.17) is 4.74 Å². The van der Waals surface area contributed by atoms with Crippen LogP contribution in [-0.4, -0.2) is 13.6 Å². The standard InChI is InChI=1S/C13H17BF3O/c1-9(2)12-6-5-10(3)13(7-12)18-8-11(4)14(15,16)17/h5-7,9H,4,8H2,1-3H3/q-1. The second kappa shape index (κ2) is 5.50. The zero-order chi connectivity index (χ0) is 13.9. The fourth-order valence-electron chi connectivity index (χ4n) is 1.40. The Kier molecular flexibility index (Phi) is 4.49. The molecule has 0 aliphatic heterocycles. The lowest BCUT2D eigenvalue weighted by molar-refractivity contribution is 0.344. The number of hydrogen-bond donors (Lipinski definition) is 0. The van der Waals surface area contributed by atoms with E-state index in [1.807, 2.05) is 26.0 Å². The minimum Gasteiger partial charge on any atom is -0.492 e. The van der Waals surface area contributed by atoms with Gasteiger partial charge in [-0.25, -0.2) is 0 Å². The summed E-state index contributed by atoms with van der Waals surface area (Å²) in [6, 6.07) is 5.60. The van der Waals surface area contributed by atoms with Crippen molar-refractivity contribution in [2.45, 2.75) is 26.7 Å². The first-order chi connectivity index (χ1) is 8.21. The Morgan fingerprint density at radius 1 is 1.33 bits per heavy atom. The van der Waals surface area contributed by atoms with E-state index in [-0.39, 0.29) is 0 Å². The van der Waals surface area contributed by atoms with E-state index in [0.717, 1.165) is 11.1 Å². The summed E-state index contributed by atoms with van der Waals surface area (Å²) in [4.78, 5) is 0. The molecule has 1 aromatic carbocycles. The van der Waals surface area contributed by atoms with Gasteiger partial charge in [0.2, 0.25) is 0 Å². The Balaban J connectivity index is 2.79. The number of hydrogen-bond acceptors (Lipinski definition) is 1. The van der Waals surface area contributed by atoms with Crippen LogP contribution in [0.5, 0.6) is 5.75 Å². The largest absolute Gasteiger partial charge is 0.508 e. The highest BCUT2D eigenvalue weighted by Gasteiger charge is 2.27. The molecule has 1 aromatic rings. The van der Waals surface area contributed by atoms with Crippen molar-refractivity contribution in [3.63, 3.8) is 0 Å². The van der Waals surface area contributed by atoms with E-state index in [1.165, 1.54) is 0 Å². The maximum absolute atomic E-state index is 12.3. The molecule has 0 saturated carbocycles. The Bertz CT molecular complexity index is 438. The van der Waals surface area contributed by atoms with Crippen molar-refractivity contribution in [1.29, 1.82) is 0 Å². The van der Waals surface area contributed by atoms with E-state index in [2.05, 4.69) is 6.58 Å². The molecule has 0 fully saturated rings. The number of rotatable bonds is 5. The molecular weight excluding hydrogens is 240 g/mol. The highest BCUT2D eigenvalue weighted by atomic mass is 19.4. The van der Waals surface area contributed by atoms with Gasteiger partial charge in [-0.3, -0.25) is 0 Å². The summed E-state index contributed by atoms with van der Waals surface area (Å²) in [6.45, 7) is 3.32. The normalized spacial score (nSPS) is 11.7. The summed E-state index contributed by atoms with van der Waals surface area (Å²) in [5.74, 6) is 0.797. The van der Waals surface area contributed by atoms with Crippen molar-refractivity contribution in [1.82, 2.24) is 0 Å². The molecule has 18 heavy (non-hydrogen) atoms. The molecule has 1 rings (SSSR count). The smallest absolute Gasteiger partial charge is 0.492 e. The third-order valence-corrected chi connectivity index (χ3v) is 2.75. The summed E-state index contributed by atoms with van der Waals surface area (Å²) in [7, 11) is 0. The van der Waals surface area contributed by atoms with Gasteiger partial charge in [0.05, 0.1) is 6.61 Å². The van der Waals surface area contributed by atoms with Crippen molar-refractivity contribution in [2.24, 2.45) is 0 Å². The lowest BCUT2D eigenvalue weighted by Crippen LogP contribution is -2.23. The van der Waals surface area contributed by atoms with Crippen molar-refractivity contribution in [2.75, 3.05) is 6.61 Å². The zero-order valence-corrected chi connectivity index (χ0v) is 10.8. The third kappa shape index (κ3) is 3.82. The molecule has 0 saturated heterocycles. The van der Waals surface area contributed by atoms with Gasteiger partial charge in [-0.05, 0) is 30.0 Å². The number of benzene rings is 1. The van der Waals surface area contributed by atoms with Gasteiger partial charge < -0.3 is 17.7 Å². The average molecular weight is 257 g/mol. The SMILES string of the molecule is C=C(COc1cc(C(C)C)ccc1C)[B-](F)(F)F. The molecule has 0 radical (unpaired) electrons. The molecule has 0 N–H and O–H groups in total. The van der Waals surface area contributed by atoms with Gasteiger partial charge in [0.1, 0.15) is 5.75 Å². The second-order valence-corrected chi connectivity index (χ2v) is 4.70. The number of halogens is 3. The van der Waals surface area contributed by atoms with Crippen LogP contribution in [-0.2, 0) is 0 Å². The molecule has 0 heterocycles. The molecule has 0 amide bonds. The molecule has 1 nitrogen and oxygen atoms in total. The molecule has 0 aliphatic carbocycles. The fraction of sp³-hybridized carbons (Fsp3) is 0.385.